The number of carbonyl (C=O) groups is 1. The molecule has 1 aliphatic heterocycles. The maximum Gasteiger partial charge on any atom is 0.331 e. The van der Waals surface area contributed by atoms with E-state index in [0.29, 0.717) is 6.61 Å². The van der Waals surface area contributed by atoms with Crippen LogP contribution >= 0.6 is 11.8 Å². The Hall–Kier alpha value is -0.510. The smallest absolute Gasteiger partial charge is 0.331 e. The summed E-state index contributed by atoms with van der Waals surface area (Å²) in [5.41, 5.74) is 1.70. The van der Waals surface area contributed by atoms with Crippen LogP contribution in [0.15, 0.2) is 4.99 Å². The molecule has 0 aromatic carbocycles. The molecule has 56 valence electrons. The topological polar surface area (TPSA) is 38.7 Å². The number of hydrogen-bond acceptors (Lipinski definition) is 4. The Kier molecular flexibility index (Phi) is 2.74. The molecule has 1 rings (SSSR count). The summed E-state index contributed by atoms with van der Waals surface area (Å²) >= 11 is 1.54. The number of aliphatic imine (C=N–C) groups is 1. The van der Waals surface area contributed by atoms with Crippen LogP contribution in [0.1, 0.15) is 6.92 Å². The molecule has 0 saturated carbocycles. The lowest BCUT2D eigenvalue weighted by Crippen LogP contribution is -2.21. The molecule has 0 radical (unpaired) electrons. The fraction of sp³-hybridized carbons (Fsp3) is 0.667. The van der Waals surface area contributed by atoms with Gasteiger partial charge >= 0.3 is 5.97 Å². The summed E-state index contributed by atoms with van der Waals surface area (Å²) in [6, 6.07) is -0.245. The van der Waals surface area contributed by atoms with Crippen molar-refractivity contribution in [2.75, 3.05) is 12.4 Å². The quantitative estimate of drug-likeness (QED) is 0.556. The van der Waals surface area contributed by atoms with Crippen molar-refractivity contribution in [3.63, 3.8) is 0 Å². The Morgan fingerprint density at radius 1 is 2.00 bits per heavy atom. The summed E-state index contributed by atoms with van der Waals surface area (Å²) in [7, 11) is 0. The van der Waals surface area contributed by atoms with Crippen LogP contribution in [-0.2, 0) is 9.53 Å². The highest BCUT2D eigenvalue weighted by Gasteiger charge is 2.20. The maximum absolute atomic E-state index is 10.9. The lowest BCUT2D eigenvalue weighted by atomic mass is 10.4. The predicted octanol–water partition coefficient (Wildman–Crippen LogP) is 0.693. The Labute approximate surface area is 63.9 Å². The maximum atomic E-state index is 10.9. The Balaban J connectivity index is 2.33. The van der Waals surface area contributed by atoms with E-state index in [-0.39, 0.29) is 12.0 Å². The van der Waals surface area contributed by atoms with Gasteiger partial charge in [0, 0.05) is 5.75 Å². The van der Waals surface area contributed by atoms with Crippen molar-refractivity contribution in [2.45, 2.75) is 13.0 Å². The first-order valence-corrected chi connectivity index (χ1v) is 4.19. The van der Waals surface area contributed by atoms with Gasteiger partial charge in [-0.05, 0) is 6.92 Å². The lowest BCUT2D eigenvalue weighted by molar-refractivity contribution is -0.143. The Morgan fingerprint density at radius 2 is 2.80 bits per heavy atom. The van der Waals surface area contributed by atoms with Crippen LogP contribution in [0.3, 0.4) is 0 Å². The van der Waals surface area contributed by atoms with E-state index >= 15 is 0 Å². The Morgan fingerprint density at radius 3 is 3.30 bits per heavy atom. The van der Waals surface area contributed by atoms with Crippen LogP contribution in [0.4, 0.5) is 0 Å². The highest BCUT2D eigenvalue weighted by Crippen LogP contribution is 2.11. The van der Waals surface area contributed by atoms with Crippen molar-refractivity contribution in [1.82, 2.24) is 0 Å². The standard InChI is InChI=1S/C6H9NO2S/c1-2-9-6(8)5-3-10-4-7-5/h4-5H,2-3H2,1H3/t5-/m0/s1. The molecule has 0 fully saturated rings. The molecule has 0 amide bonds. The van der Waals surface area contributed by atoms with Crippen LogP contribution < -0.4 is 0 Å². The van der Waals surface area contributed by atoms with Crippen molar-refractivity contribution < 1.29 is 9.53 Å². The molecule has 1 aliphatic rings. The molecule has 1 atom stereocenters. The first-order valence-electron chi connectivity index (χ1n) is 3.14. The van der Waals surface area contributed by atoms with Crippen molar-refractivity contribution in [3.05, 3.63) is 0 Å². The van der Waals surface area contributed by atoms with Gasteiger partial charge in [-0.2, -0.15) is 0 Å². The largest absolute Gasteiger partial charge is 0.464 e. The van der Waals surface area contributed by atoms with Crippen LogP contribution in [0.25, 0.3) is 0 Å². The van der Waals surface area contributed by atoms with E-state index in [0.717, 1.165) is 5.75 Å². The minimum absolute atomic E-state index is 0.205. The van der Waals surface area contributed by atoms with E-state index < -0.39 is 0 Å². The monoisotopic (exact) mass is 159 g/mol. The zero-order valence-corrected chi connectivity index (χ0v) is 6.56. The van der Waals surface area contributed by atoms with Gasteiger partial charge in [0.05, 0.1) is 12.2 Å². The molecule has 4 heteroatoms. The molecule has 10 heavy (non-hydrogen) atoms. The molecular weight excluding hydrogens is 150 g/mol. The summed E-state index contributed by atoms with van der Waals surface area (Å²) in [5, 5.41) is 0. The van der Waals surface area contributed by atoms with Crippen LogP contribution in [0.2, 0.25) is 0 Å². The SMILES string of the molecule is CCOC(=O)[C@@H]1CSC=N1. The molecule has 0 spiro atoms. The molecule has 3 nitrogen and oxygen atoms in total. The zero-order valence-electron chi connectivity index (χ0n) is 5.74. The van der Waals surface area contributed by atoms with E-state index in [4.69, 9.17) is 4.74 Å². The molecule has 0 bridgehead atoms. The second kappa shape index (κ2) is 3.61. The summed E-state index contributed by atoms with van der Waals surface area (Å²) in [5.74, 6) is 0.530. The van der Waals surface area contributed by atoms with Crippen LogP contribution in [-0.4, -0.2) is 29.9 Å². The van der Waals surface area contributed by atoms with E-state index in [1.54, 1.807) is 24.2 Å². The predicted molar refractivity (Wildman–Crippen MR) is 41.4 cm³/mol. The average molecular weight is 159 g/mol. The van der Waals surface area contributed by atoms with Gasteiger partial charge < -0.3 is 4.74 Å². The number of esters is 1. The highest BCUT2D eigenvalue weighted by molar-refractivity contribution is 8.12. The molecular formula is C6H9NO2S. The van der Waals surface area contributed by atoms with Crippen LogP contribution in [0.5, 0.6) is 0 Å². The van der Waals surface area contributed by atoms with Crippen molar-refractivity contribution in [1.29, 1.82) is 0 Å². The second-order valence-electron chi connectivity index (χ2n) is 1.86. The van der Waals surface area contributed by atoms with Gasteiger partial charge in [-0.3, -0.25) is 4.99 Å². The first kappa shape index (κ1) is 7.60. The molecule has 0 aromatic rings. The molecule has 1 heterocycles. The minimum Gasteiger partial charge on any atom is -0.464 e. The van der Waals surface area contributed by atoms with E-state index in [1.807, 2.05) is 0 Å². The number of carbonyl (C=O) groups excluding carboxylic acids is 1. The van der Waals surface area contributed by atoms with Gasteiger partial charge in [0.1, 0.15) is 0 Å². The fourth-order valence-corrected chi connectivity index (χ4v) is 1.38. The first-order chi connectivity index (χ1) is 4.84. The third-order valence-electron chi connectivity index (χ3n) is 1.13. The van der Waals surface area contributed by atoms with Gasteiger partial charge in [0.2, 0.25) is 0 Å². The van der Waals surface area contributed by atoms with Crippen molar-refractivity contribution >= 4 is 23.3 Å². The third kappa shape index (κ3) is 1.73. The van der Waals surface area contributed by atoms with Gasteiger partial charge in [0.15, 0.2) is 6.04 Å². The third-order valence-corrected chi connectivity index (χ3v) is 1.91. The molecule has 0 aromatic heterocycles. The fourth-order valence-electron chi connectivity index (χ4n) is 0.661. The van der Waals surface area contributed by atoms with E-state index in [1.165, 1.54) is 0 Å². The van der Waals surface area contributed by atoms with E-state index in [9.17, 15) is 4.79 Å². The summed E-state index contributed by atoms with van der Waals surface area (Å²) in [6.45, 7) is 2.24. The number of thioether (sulfide) groups is 1. The second-order valence-corrected chi connectivity index (χ2v) is 2.73. The van der Waals surface area contributed by atoms with Gasteiger partial charge in [-0.25, -0.2) is 4.79 Å². The van der Waals surface area contributed by atoms with E-state index in [2.05, 4.69) is 4.99 Å². The number of rotatable bonds is 2. The summed E-state index contributed by atoms with van der Waals surface area (Å²) in [6.07, 6.45) is 0. The van der Waals surface area contributed by atoms with Gasteiger partial charge in [0.25, 0.3) is 0 Å². The molecule has 0 unspecified atom stereocenters. The zero-order chi connectivity index (χ0) is 7.40. The average Bonchev–Trinajstić information content (AvgIpc) is 2.38. The normalized spacial score (nSPS) is 23.1. The molecule has 0 saturated heterocycles. The summed E-state index contributed by atoms with van der Waals surface area (Å²) in [4.78, 5) is 14.8. The van der Waals surface area contributed by atoms with Crippen molar-refractivity contribution in [2.24, 2.45) is 4.99 Å². The van der Waals surface area contributed by atoms with Gasteiger partial charge in [-0.1, -0.05) is 0 Å². The molecule has 0 N–H and O–H groups in total. The number of ether oxygens (including phenoxy) is 1. The minimum atomic E-state index is -0.245. The van der Waals surface area contributed by atoms with Crippen LogP contribution in [0, 0.1) is 0 Å². The number of nitrogens with zero attached hydrogens (tertiary/aromatic N) is 1. The number of hydrogen-bond donors (Lipinski definition) is 0. The van der Waals surface area contributed by atoms with Gasteiger partial charge in [-0.15, -0.1) is 11.8 Å². The lowest BCUT2D eigenvalue weighted by Gasteiger charge is -2.03. The highest BCUT2D eigenvalue weighted by atomic mass is 32.2. The molecule has 0 aliphatic carbocycles. The van der Waals surface area contributed by atoms with Crippen molar-refractivity contribution in [3.8, 4) is 0 Å². The summed E-state index contributed by atoms with van der Waals surface area (Å²) < 4.78 is 4.76. The Bertz CT molecular complexity index is 158.